The van der Waals surface area contributed by atoms with Gasteiger partial charge in [0.05, 0.1) is 31.2 Å². The van der Waals surface area contributed by atoms with E-state index in [1.165, 1.54) is 22.3 Å². The zero-order chi connectivity index (χ0) is 27.6. The van der Waals surface area contributed by atoms with E-state index < -0.39 is 53.3 Å². The molecule has 3 unspecified atom stereocenters. The number of nitrogens with zero attached hydrogens (tertiary/aromatic N) is 3. The number of furan rings is 1. The molecule has 0 bridgehead atoms. The van der Waals surface area contributed by atoms with Crippen LogP contribution in [-0.4, -0.2) is 69.9 Å². The summed E-state index contributed by atoms with van der Waals surface area (Å²) in [5, 5.41) is 0. The van der Waals surface area contributed by atoms with Crippen LogP contribution in [0.15, 0.2) is 47.5 Å². The van der Waals surface area contributed by atoms with E-state index in [0.717, 1.165) is 5.56 Å². The van der Waals surface area contributed by atoms with Crippen LogP contribution in [-0.2, 0) is 30.3 Å². The first-order chi connectivity index (χ1) is 18.0. The summed E-state index contributed by atoms with van der Waals surface area (Å²) in [4.78, 5) is 60.4. The van der Waals surface area contributed by atoms with Gasteiger partial charge in [-0.3, -0.25) is 19.5 Å². The number of carbonyl (C=O) groups excluding carboxylic acids is 4. The maximum absolute atomic E-state index is 13.8. The molecule has 10 nitrogen and oxygen atoms in total. The number of likely N-dealkylation sites (tertiary alicyclic amines) is 1. The van der Waals surface area contributed by atoms with Crippen LogP contribution in [0.1, 0.15) is 58.2 Å². The zero-order valence-electron chi connectivity index (χ0n) is 22.5. The van der Waals surface area contributed by atoms with E-state index in [4.69, 9.17) is 13.9 Å². The molecule has 0 radical (unpaired) electrons. The Kier molecular flexibility index (Phi) is 7.89. The molecule has 204 valence electrons. The molecule has 10 heteroatoms. The van der Waals surface area contributed by atoms with Gasteiger partial charge in [-0.25, -0.2) is 9.59 Å². The number of carbonyl (C=O) groups is 4. The molecule has 2 amide bonds. The van der Waals surface area contributed by atoms with E-state index >= 15 is 0 Å². The van der Waals surface area contributed by atoms with Crippen molar-refractivity contribution in [1.29, 1.82) is 0 Å². The highest BCUT2D eigenvalue weighted by Gasteiger charge is 2.60. The van der Waals surface area contributed by atoms with Crippen molar-refractivity contribution in [3.63, 3.8) is 0 Å². The number of hydrogen-bond acceptors (Lipinski definition) is 8. The van der Waals surface area contributed by atoms with Crippen LogP contribution in [0.25, 0.3) is 0 Å². The third-order valence-corrected chi connectivity index (χ3v) is 6.89. The summed E-state index contributed by atoms with van der Waals surface area (Å²) in [6.45, 7) is 9.10. The van der Waals surface area contributed by atoms with Crippen molar-refractivity contribution in [3.8, 4) is 0 Å². The second-order valence-corrected chi connectivity index (χ2v) is 11.2. The second-order valence-electron chi connectivity index (χ2n) is 11.2. The van der Waals surface area contributed by atoms with Gasteiger partial charge < -0.3 is 18.8 Å². The lowest BCUT2D eigenvalue weighted by Gasteiger charge is -2.53. The Morgan fingerprint density at radius 1 is 1.16 bits per heavy atom. The molecule has 2 aromatic heterocycles. The highest BCUT2D eigenvalue weighted by Crippen LogP contribution is 2.40. The van der Waals surface area contributed by atoms with Crippen LogP contribution in [0.2, 0.25) is 0 Å². The van der Waals surface area contributed by atoms with Crippen molar-refractivity contribution in [2.24, 2.45) is 11.3 Å². The first kappa shape index (κ1) is 27.3. The molecule has 0 aromatic carbocycles. The lowest BCUT2D eigenvalue weighted by atomic mass is 9.80. The number of Topliss-reactive ketones (excluding diaryl/α,β-unsaturated/α-hetero) is 1. The number of aryl methyl sites for hydroxylation is 1. The van der Waals surface area contributed by atoms with Crippen molar-refractivity contribution in [2.75, 3.05) is 13.2 Å². The summed E-state index contributed by atoms with van der Waals surface area (Å²) in [7, 11) is 0. The van der Waals surface area contributed by atoms with Crippen LogP contribution in [0, 0.1) is 11.3 Å². The molecular weight excluding hydrogens is 490 g/mol. The Morgan fingerprint density at radius 3 is 2.47 bits per heavy atom. The van der Waals surface area contributed by atoms with Gasteiger partial charge in [-0.05, 0) is 42.5 Å². The predicted molar refractivity (Wildman–Crippen MR) is 136 cm³/mol. The minimum atomic E-state index is -1.41. The Labute approximate surface area is 222 Å². The van der Waals surface area contributed by atoms with Crippen molar-refractivity contribution < 1.29 is 33.1 Å². The molecule has 38 heavy (non-hydrogen) atoms. The third-order valence-electron chi connectivity index (χ3n) is 6.89. The summed E-state index contributed by atoms with van der Waals surface area (Å²) in [5.74, 6) is -1.60. The summed E-state index contributed by atoms with van der Waals surface area (Å²) < 4.78 is 16.0. The van der Waals surface area contributed by atoms with Gasteiger partial charge in [0.25, 0.3) is 0 Å². The molecular formula is C28H35N3O7. The number of amides is 2. The number of pyridine rings is 1. The van der Waals surface area contributed by atoms with Gasteiger partial charge in [0.15, 0.2) is 11.8 Å². The standard InChI is InChI=1S/C28H35N3O7/c1-17(2)14-37-26(34)23(24(32)28(3,4)5)30-20(7-6-18-8-11-29-12-9-18)22(25(30)33)31-21(16-38-27(31)35)19-10-13-36-15-19/h8-13,15,17,20-23H,6-7,14,16H2,1-5H3/t20?,21-,22?,23?/m1/s1. The van der Waals surface area contributed by atoms with Crippen LogP contribution in [0.5, 0.6) is 0 Å². The minimum absolute atomic E-state index is 0.0572. The number of hydrogen-bond donors (Lipinski definition) is 0. The maximum atomic E-state index is 13.8. The molecule has 4 heterocycles. The molecule has 2 aliphatic heterocycles. The van der Waals surface area contributed by atoms with Gasteiger partial charge in [0.2, 0.25) is 5.91 Å². The molecule has 4 rings (SSSR count). The normalized spacial score (nSPS) is 22.3. The van der Waals surface area contributed by atoms with Crippen molar-refractivity contribution in [2.45, 2.75) is 71.6 Å². The Hall–Kier alpha value is -3.69. The number of ether oxygens (including phenoxy) is 2. The molecule has 2 fully saturated rings. The number of cyclic esters (lactones) is 1. The average molecular weight is 526 g/mol. The molecule has 0 saturated carbocycles. The SMILES string of the molecule is CC(C)COC(=O)C(C(=O)C(C)(C)C)N1C(=O)C(N2C(=O)OC[C@@H]2c2ccoc2)C1CCc1ccncc1. The lowest BCUT2D eigenvalue weighted by Crippen LogP contribution is -2.76. The summed E-state index contributed by atoms with van der Waals surface area (Å²) in [6.07, 6.45) is 6.70. The molecule has 0 spiro atoms. The van der Waals surface area contributed by atoms with Crippen molar-refractivity contribution in [1.82, 2.24) is 14.8 Å². The summed E-state index contributed by atoms with van der Waals surface area (Å²) in [5.41, 5.74) is 0.775. The number of rotatable bonds is 10. The first-order valence-corrected chi connectivity index (χ1v) is 12.9. The molecule has 0 N–H and O–H groups in total. The zero-order valence-corrected chi connectivity index (χ0v) is 22.5. The Balaban J connectivity index is 1.69. The maximum Gasteiger partial charge on any atom is 0.411 e. The average Bonchev–Trinajstić information content (AvgIpc) is 3.53. The van der Waals surface area contributed by atoms with Crippen LogP contribution >= 0.6 is 0 Å². The third kappa shape index (κ3) is 5.44. The van der Waals surface area contributed by atoms with Crippen molar-refractivity contribution >= 4 is 23.8 Å². The summed E-state index contributed by atoms with van der Waals surface area (Å²) in [6, 6.07) is 2.01. The quantitative estimate of drug-likeness (QED) is 0.262. The van der Waals surface area contributed by atoms with E-state index in [1.54, 1.807) is 39.2 Å². The van der Waals surface area contributed by atoms with Gasteiger partial charge in [0, 0.05) is 23.4 Å². The number of ketones is 1. The monoisotopic (exact) mass is 525 g/mol. The van der Waals surface area contributed by atoms with E-state index in [9.17, 15) is 19.2 Å². The van der Waals surface area contributed by atoms with Gasteiger partial charge >= 0.3 is 12.1 Å². The molecule has 2 aromatic rings. The van der Waals surface area contributed by atoms with Crippen molar-refractivity contribution in [3.05, 3.63) is 54.2 Å². The fraction of sp³-hybridized carbons (Fsp3) is 0.536. The predicted octanol–water partition coefficient (Wildman–Crippen LogP) is 3.56. The number of aromatic nitrogens is 1. The fourth-order valence-corrected chi connectivity index (χ4v) is 4.88. The van der Waals surface area contributed by atoms with Crippen LogP contribution in [0.3, 0.4) is 0 Å². The molecule has 4 atom stereocenters. The van der Waals surface area contributed by atoms with E-state index in [-0.39, 0.29) is 19.1 Å². The number of β-lactam (4-membered cyclic amide) rings is 1. The number of esters is 1. The highest BCUT2D eigenvalue weighted by atomic mass is 16.6. The Bertz CT molecular complexity index is 1160. The lowest BCUT2D eigenvalue weighted by molar-refractivity contribution is -0.178. The highest BCUT2D eigenvalue weighted by molar-refractivity contribution is 6.10. The fourth-order valence-electron chi connectivity index (χ4n) is 4.88. The van der Waals surface area contributed by atoms with Gasteiger partial charge in [-0.1, -0.05) is 34.6 Å². The Morgan fingerprint density at radius 2 is 1.87 bits per heavy atom. The molecule has 2 saturated heterocycles. The van der Waals surface area contributed by atoms with Gasteiger partial charge in [-0.15, -0.1) is 0 Å². The van der Waals surface area contributed by atoms with Crippen LogP contribution in [0.4, 0.5) is 4.79 Å². The van der Waals surface area contributed by atoms with Gasteiger partial charge in [-0.2, -0.15) is 0 Å². The molecule has 2 aliphatic rings. The summed E-state index contributed by atoms with van der Waals surface area (Å²) >= 11 is 0. The van der Waals surface area contributed by atoms with Gasteiger partial charge in [0.1, 0.15) is 12.6 Å². The minimum Gasteiger partial charge on any atom is -0.472 e. The van der Waals surface area contributed by atoms with E-state index in [0.29, 0.717) is 18.4 Å². The molecule has 0 aliphatic carbocycles. The largest absolute Gasteiger partial charge is 0.472 e. The topological polar surface area (TPSA) is 119 Å². The van der Waals surface area contributed by atoms with E-state index in [1.807, 2.05) is 26.0 Å². The van der Waals surface area contributed by atoms with E-state index in [2.05, 4.69) is 4.98 Å². The first-order valence-electron chi connectivity index (χ1n) is 12.9. The second kappa shape index (κ2) is 11.0. The van der Waals surface area contributed by atoms with Crippen LogP contribution < -0.4 is 0 Å². The smallest absolute Gasteiger partial charge is 0.411 e.